The number of hydrogen-bond acceptors (Lipinski definition) is 6. The molecule has 28 heavy (non-hydrogen) atoms. The SMILES string of the molecule is O=C1O[C@H](C(=O)O)C[C@@H]1CP(=O)(OCc1ccccc1)OCc1ccccc1. The topological polar surface area (TPSA) is 99.1 Å². The van der Waals surface area contributed by atoms with Crippen LogP contribution in [0.3, 0.4) is 0 Å². The Balaban J connectivity index is 1.70. The van der Waals surface area contributed by atoms with Crippen LogP contribution in [0.1, 0.15) is 17.5 Å². The largest absolute Gasteiger partial charge is 0.479 e. The van der Waals surface area contributed by atoms with E-state index in [4.69, 9.17) is 18.9 Å². The van der Waals surface area contributed by atoms with Gasteiger partial charge in [0.25, 0.3) is 0 Å². The number of carboxylic acids is 1. The third-order valence-corrected chi connectivity index (χ3v) is 6.28. The van der Waals surface area contributed by atoms with Gasteiger partial charge >= 0.3 is 19.5 Å². The summed E-state index contributed by atoms with van der Waals surface area (Å²) in [5, 5.41) is 9.04. The first kappa shape index (κ1) is 20.3. The van der Waals surface area contributed by atoms with Crippen LogP contribution in [0.4, 0.5) is 0 Å². The molecule has 0 aliphatic carbocycles. The number of benzene rings is 2. The lowest BCUT2D eigenvalue weighted by Crippen LogP contribution is -2.18. The van der Waals surface area contributed by atoms with E-state index >= 15 is 0 Å². The molecule has 0 unspecified atom stereocenters. The van der Waals surface area contributed by atoms with Gasteiger partial charge in [0.15, 0.2) is 6.10 Å². The molecule has 0 saturated carbocycles. The van der Waals surface area contributed by atoms with E-state index in [2.05, 4.69) is 0 Å². The maximum absolute atomic E-state index is 13.3. The highest BCUT2D eigenvalue weighted by Gasteiger charge is 2.43. The number of carbonyl (C=O) groups is 2. The van der Waals surface area contributed by atoms with Crippen LogP contribution in [0.25, 0.3) is 0 Å². The van der Waals surface area contributed by atoms with Crippen LogP contribution < -0.4 is 0 Å². The Morgan fingerprint density at radius 3 is 1.93 bits per heavy atom. The molecule has 0 amide bonds. The number of hydrogen-bond donors (Lipinski definition) is 1. The molecule has 0 spiro atoms. The molecule has 1 aliphatic heterocycles. The molecule has 8 heteroatoms. The lowest BCUT2D eigenvalue weighted by atomic mass is 10.1. The van der Waals surface area contributed by atoms with Crippen molar-refractivity contribution in [2.45, 2.75) is 25.7 Å². The van der Waals surface area contributed by atoms with Crippen LogP contribution in [0.2, 0.25) is 0 Å². The smallest absolute Gasteiger partial charge is 0.345 e. The second kappa shape index (κ2) is 9.15. The molecule has 7 nitrogen and oxygen atoms in total. The molecule has 3 rings (SSSR count). The highest BCUT2D eigenvalue weighted by atomic mass is 31.2. The van der Waals surface area contributed by atoms with Gasteiger partial charge in [0.05, 0.1) is 25.3 Å². The van der Waals surface area contributed by atoms with Crippen molar-refractivity contribution in [3.8, 4) is 0 Å². The minimum absolute atomic E-state index is 0.0526. The molecule has 1 aliphatic rings. The van der Waals surface area contributed by atoms with Gasteiger partial charge in [-0.15, -0.1) is 0 Å². The van der Waals surface area contributed by atoms with Crippen molar-refractivity contribution in [3.05, 3.63) is 71.8 Å². The van der Waals surface area contributed by atoms with E-state index in [9.17, 15) is 14.2 Å². The van der Waals surface area contributed by atoms with E-state index in [-0.39, 0.29) is 25.8 Å². The highest BCUT2D eigenvalue weighted by molar-refractivity contribution is 7.53. The van der Waals surface area contributed by atoms with Crippen molar-refractivity contribution in [3.63, 3.8) is 0 Å². The Labute approximate surface area is 162 Å². The van der Waals surface area contributed by atoms with Crippen LogP contribution >= 0.6 is 7.60 Å². The first-order valence-corrected chi connectivity index (χ1v) is 10.6. The molecular formula is C20H21O7P. The fourth-order valence-corrected chi connectivity index (χ4v) is 4.66. The van der Waals surface area contributed by atoms with Gasteiger partial charge in [-0.05, 0) is 11.1 Å². The second-order valence-corrected chi connectivity index (χ2v) is 8.61. The molecule has 1 fully saturated rings. The fraction of sp³-hybridized carbons (Fsp3) is 0.300. The zero-order valence-corrected chi connectivity index (χ0v) is 16.0. The summed E-state index contributed by atoms with van der Waals surface area (Å²) < 4.78 is 29.4. The first-order chi connectivity index (χ1) is 13.5. The average Bonchev–Trinajstić information content (AvgIpc) is 3.07. The van der Waals surface area contributed by atoms with Crippen LogP contribution in [0.15, 0.2) is 60.7 Å². The van der Waals surface area contributed by atoms with Crippen LogP contribution in [0.5, 0.6) is 0 Å². The zero-order valence-electron chi connectivity index (χ0n) is 15.1. The number of esters is 1. The maximum atomic E-state index is 13.3. The fourth-order valence-electron chi connectivity index (χ4n) is 2.85. The molecule has 2 atom stereocenters. The normalized spacial score (nSPS) is 19.4. The zero-order chi connectivity index (χ0) is 20.0. The molecule has 0 bridgehead atoms. The standard InChI is InChI=1S/C20H21O7P/c21-19(22)18-11-17(20(23)27-18)14-28(24,25-12-15-7-3-1-4-8-15)26-13-16-9-5-2-6-10-16/h1-10,17-18H,11-14H2,(H,21,22)/t17-,18+/m1/s1. The van der Waals surface area contributed by atoms with Crippen molar-refractivity contribution in [1.29, 1.82) is 0 Å². The summed E-state index contributed by atoms with van der Waals surface area (Å²) in [5.41, 5.74) is 1.62. The van der Waals surface area contributed by atoms with E-state index < -0.39 is 31.6 Å². The molecule has 148 valence electrons. The summed E-state index contributed by atoms with van der Waals surface area (Å²) in [6.07, 6.45) is -1.51. The number of rotatable bonds is 9. The van der Waals surface area contributed by atoms with Gasteiger partial charge in [0.2, 0.25) is 0 Å². The van der Waals surface area contributed by atoms with E-state index in [0.29, 0.717) is 0 Å². The van der Waals surface area contributed by atoms with Gasteiger partial charge in [-0.25, -0.2) is 4.79 Å². The third kappa shape index (κ3) is 5.52. The quantitative estimate of drug-likeness (QED) is 0.503. The van der Waals surface area contributed by atoms with Crippen LogP contribution in [-0.4, -0.2) is 29.3 Å². The predicted octanol–water partition coefficient (Wildman–Crippen LogP) is 3.63. The lowest BCUT2D eigenvalue weighted by molar-refractivity contribution is -0.157. The van der Waals surface area contributed by atoms with E-state index in [0.717, 1.165) is 11.1 Å². The summed E-state index contributed by atoms with van der Waals surface area (Å²) in [4.78, 5) is 23.1. The summed E-state index contributed by atoms with van der Waals surface area (Å²) in [6.45, 7) is 0.105. The van der Waals surface area contributed by atoms with Gasteiger partial charge in [-0.3, -0.25) is 9.36 Å². The second-order valence-electron chi connectivity index (χ2n) is 6.51. The highest BCUT2D eigenvalue weighted by Crippen LogP contribution is 2.52. The molecule has 1 heterocycles. The Kier molecular flexibility index (Phi) is 6.62. The summed E-state index contributed by atoms with van der Waals surface area (Å²) in [7, 11) is -3.69. The Bertz CT molecular complexity index is 806. The minimum atomic E-state index is -3.69. The third-order valence-electron chi connectivity index (χ3n) is 4.35. The summed E-state index contributed by atoms with van der Waals surface area (Å²) >= 11 is 0. The van der Waals surface area contributed by atoms with Crippen LogP contribution in [-0.2, 0) is 41.2 Å². The van der Waals surface area contributed by atoms with Crippen molar-refractivity contribution < 1.29 is 33.0 Å². The maximum Gasteiger partial charge on any atom is 0.345 e. The first-order valence-electron chi connectivity index (χ1n) is 8.84. The Hall–Kier alpha value is -2.47. The lowest BCUT2D eigenvalue weighted by Gasteiger charge is -2.20. The molecule has 1 saturated heterocycles. The minimum Gasteiger partial charge on any atom is -0.479 e. The van der Waals surface area contributed by atoms with Crippen molar-refractivity contribution in [1.82, 2.24) is 0 Å². The van der Waals surface area contributed by atoms with Gasteiger partial charge in [-0.1, -0.05) is 60.7 Å². The van der Waals surface area contributed by atoms with Gasteiger partial charge < -0.3 is 18.9 Å². The van der Waals surface area contributed by atoms with E-state index in [1.807, 2.05) is 60.7 Å². The van der Waals surface area contributed by atoms with Gasteiger partial charge in [0.1, 0.15) is 0 Å². The average molecular weight is 404 g/mol. The monoisotopic (exact) mass is 404 g/mol. The number of carbonyl (C=O) groups excluding carboxylic acids is 1. The molecule has 0 radical (unpaired) electrons. The number of aliphatic carboxylic acids is 1. The number of cyclic esters (lactones) is 1. The van der Waals surface area contributed by atoms with Crippen molar-refractivity contribution in [2.75, 3.05) is 6.16 Å². The van der Waals surface area contributed by atoms with Crippen LogP contribution in [0, 0.1) is 5.92 Å². The number of ether oxygens (including phenoxy) is 1. The molecule has 2 aromatic carbocycles. The summed E-state index contributed by atoms with van der Waals surface area (Å²) in [6, 6.07) is 18.3. The predicted molar refractivity (Wildman–Crippen MR) is 101 cm³/mol. The molecule has 0 aromatic heterocycles. The van der Waals surface area contributed by atoms with E-state index in [1.54, 1.807) is 0 Å². The van der Waals surface area contributed by atoms with E-state index in [1.165, 1.54) is 0 Å². The molecule has 1 N–H and O–H groups in total. The Morgan fingerprint density at radius 2 is 1.50 bits per heavy atom. The number of carboxylic acid groups (broad SMARTS) is 1. The molecular weight excluding hydrogens is 383 g/mol. The summed E-state index contributed by atoms with van der Waals surface area (Å²) in [5.74, 6) is -2.76. The van der Waals surface area contributed by atoms with Crippen molar-refractivity contribution in [2.24, 2.45) is 5.92 Å². The molecule has 2 aromatic rings. The van der Waals surface area contributed by atoms with Gasteiger partial charge in [-0.2, -0.15) is 0 Å². The van der Waals surface area contributed by atoms with Gasteiger partial charge in [0, 0.05) is 6.42 Å². The Morgan fingerprint density at radius 1 is 1.00 bits per heavy atom. The van der Waals surface area contributed by atoms with Crippen molar-refractivity contribution >= 4 is 19.5 Å².